The maximum absolute atomic E-state index is 12.6. The highest BCUT2D eigenvalue weighted by molar-refractivity contribution is 5.90. The third-order valence-corrected chi connectivity index (χ3v) is 5.88. The van der Waals surface area contributed by atoms with Crippen LogP contribution >= 0.6 is 0 Å². The number of likely N-dealkylation sites (N-methyl/N-ethyl adjacent to an activating group) is 1. The molecule has 1 saturated carbocycles. The van der Waals surface area contributed by atoms with Crippen LogP contribution in [0.25, 0.3) is 22.0 Å². The van der Waals surface area contributed by atoms with Gasteiger partial charge < -0.3 is 24.7 Å². The second kappa shape index (κ2) is 10.1. The van der Waals surface area contributed by atoms with E-state index in [9.17, 15) is 15.0 Å². The van der Waals surface area contributed by atoms with Crippen molar-refractivity contribution >= 4 is 16.8 Å². The number of hydrogen-bond donors (Lipinski definition) is 3. The topological polar surface area (TPSA) is 102 Å². The van der Waals surface area contributed by atoms with Gasteiger partial charge in [-0.2, -0.15) is 5.10 Å². The van der Waals surface area contributed by atoms with Crippen molar-refractivity contribution in [3.63, 3.8) is 0 Å². The Morgan fingerprint density at radius 3 is 2.67 bits per heavy atom. The minimum absolute atomic E-state index is 0.0251. The van der Waals surface area contributed by atoms with Crippen molar-refractivity contribution in [3.8, 4) is 22.6 Å². The first-order chi connectivity index (χ1) is 15.9. The van der Waals surface area contributed by atoms with Crippen LogP contribution in [0.2, 0.25) is 0 Å². The fraction of sp³-hybridized carbons (Fsp3) is 0.360. The smallest absolute Gasteiger partial charge is 0.246 e. The highest BCUT2D eigenvalue weighted by atomic mass is 16.5. The Morgan fingerprint density at radius 1 is 1.21 bits per heavy atom. The number of carbonyl (C=O) groups is 1. The Morgan fingerprint density at radius 2 is 1.97 bits per heavy atom. The average molecular weight is 451 g/mol. The SMILES string of the molecule is CN(C)C/C=C/C(=O)N(CCO)[C@H]1C[C@H](Oc2cc(-c3ccc(O)cc3)cc3[nH]ncc23)C1. The molecule has 0 unspecified atom stereocenters. The first-order valence-electron chi connectivity index (χ1n) is 11.1. The Bertz CT molecular complexity index is 1120. The second-order valence-corrected chi connectivity index (χ2v) is 8.64. The van der Waals surface area contributed by atoms with E-state index in [1.54, 1.807) is 29.3 Å². The Balaban J connectivity index is 1.45. The molecule has 1 aliphatic rings. The van der Waals surface area contributed by atoms with E-state index in [4.69, 9.17) is 4.74 Å². The molecule has 0 aliphatic heterocycles. The summed E-state index contributed by atoms with van der Waals surface area (Å²) in [5, 5.41) is 27.1. The number of aromatic amines is 1. The zero-order chi connectivity index (χ0) is 23.4. The molecule has 174 valence electrons. The van der Waals surface area contributed by atoms with Crippen LogP contribution in [0, 0.1) is 0 Å². The molecule has 1 heterocycles. The number of amides is 1. The van der Waals surface area contributed by atoms with E-state index in [1.165, 1.54) is 0 Å². The van der Waals surface area contributed by atoms with Crippen LogP contribution in [0.15, 0.2) is 54.7 Å². The van der Waals surface area contributed by atoms with Crippen LogP contribution in [0.4, 0.5) is 0 Å². The average Bonchev–Trinajstić information content (AvgIpc) is 3.23. The minimum atomic E-state index is -0.0825. The van der Waals surface area contributed by atoms with Gasteiger partial charge >= 0.3 is 0 Å². The first-order valence-corrected chi connectivity index (χ1v) is 11.1. The number of aromatic hydroxyl groups is 1. The van der Waals surface area contributed by atoms with E-state index < -0.39 is 0 Å². The normalized spacial score (nSPS) is 18.1. The van der Waals surface area contributed by atoms with Crippen molar-refractivity contribution < 1.29 is 19.7 Å². The molecular formula is C25H30N4O4. The summed E-state index contributed by atoms with van der Waals surface area (Å²) in [7, 11) is 3.89. The number of phenolic OH excluding ortho intramolecular Hbond substituents is 1. The van der Waals surface area contributed by atoms with Gasteiger partial charge in [-0.1, -0.05) is 18.2 Å². The Labute approximate surface area is 193 Å². The van der Waals surface area contributed by atoms with Crippen LogP contribution in [-0.2, 0) is 4.79 Å². The molecule has 0 atom stereocenters. The molecule has 3 aromatic rings. The van der Waals surface area contributed by atoms with Gasteiger partial charge in [0.25, 0.3) is 0 Å². The van der Waals surface area contributed by atoms with Crippen molar-refractivity contribution in [3.05, 3.63) is 54.7 Å². The summed E-state index contributed by atoms with van der Waals surface area (Å²) in [4.78, 5) is 16.3. The monoisotopic (exact) mass is 450 g/mol. The Kier molecular flexibility index (Phi) is 6.96. The van der Waals surface area contributed by atoms with Gasteiger partial charge in [0.1, 0.15) is 17.6 Å². The van der Waals surface area contributed by atoms with Crippen LogP contribution in [0.3, 0.4) is 0 Å². The van der Waals surface area contributed by atoms with Crippen molar-refractivity contribution in [1.82, 2.24) is 20.0 Å². The van der Waals surface area contributed by atoms with E-state index in [1.807, 2.05) is 49.3 Å². The summed E-state index contributed by atoms with van der Waals surface area (Å²) in [5.41, 5.74) is 2.79. The summed E-state index contributed by atoms with van der Waals surface area (Å²) in [5.74, 6) is 0.872. The molecule has 0 saturated heterocycles. The quantitative estimate of drug-likeness (QED) is 0.434. The molecule has 33 heavy (non-hydrogen) atoms. The van der Waals surface area contributed by atoms with E-state index >= 15 is 0 Å². The number of nitrogens with one attached hydrogen (secondary N) is 1. The number of benzene rings is 2. The summed E-state index contributed by atoms with van der Waals surface area (Å²) in [6, 6.07) is 11.1. The molecule has 1 amide bonds. The third-order valence-electron chi connectivity index (χ3n) is 5.88. The van der Waals surface area contributed by atoms with Gasteiger partial charge in [0.2, 0.25) is 5.91 Å². The van der Waals surface area contributed by atoms with E-state index in [0.717, 1.165) is 27.8 Å². The van der Waals surface area contributed by atoms with Crippen molar-refractivity contribution in [2.45, 2.75) is 25.0 Å². The van der Waals surface area contributed by atoms with Crippen LogP contribution in [0.5, 0.6) is 11.5 Å². The standard InChI is InChI=1S/C25H30N4O4/c1-28(2)9-3-4-25(32)29(10-11-30)19-14-21(15-19)33-24-13-18(12-23-22(24)16-26-27-23)17-5-7-20(31)8-6-17/h3-8,12-13,16,19,21,30-31H,9-11,14-15H2,1-2H3,(H,26,27)/b4-3+/t19-,21-. The molecule has 4 rings (SSSR count). The second-order valence-electron chi connectivity index (χ2n) is 8.64. The van der Waals surface area contributed by atoms with Gasteiger partial charge in [0, 0.05) is 38.0 Å². The molecule has 8 heteroatoms. The van der Waals surface area contributed by atoms with Gasteiger partial charge in [0.05, 0.1) is 23.7 Å². The highest BCUT2D eigenvalue weighted by Gasteiger charge is 2.37. The highest BCUT2D eigenvalue weighted by Crippen LogP contribution is 2.36. The number of aromatic nitrogens is 2. The fourth-order valence-electron chi connectivity index (χ4n) is 4.05. The number of aliphatic hydroxyl groups excluding tert-OH is 1. The van der Waals surface area contributed by atoms with Crippen molar-refractivity contribution in [2.75, 3.05) is 33.8 Å². The number of aliphatic hydroxyl groups is 1. The molecule has 3 N–H and O–H groups in total. The first kappa shape index (κ1) is 22.8. The lowest BCUT2D eigenvalue weighted by molar-refractivity contribution is -0.132. The zero-order valence-electron chi connectivity index (χ0n) is 18.9. The third kappa shape index (κ3) is 5.35. The van der Waals surface area contributed by atoms with Crippen molar-refractivity contribution in [2.24, 2.45) is 0 Å². The maximum atomic E-state index is 12.6. The van der Waals surface area contributed by atoms with Crippen LogP contribution in [0.1, 0.15) is 12.8 Å². The van der Waals surface area contributed by atoms with E-state index in [0.29, 0.717) is 25.9 Å². The fourth-order valence-corrected chi connectivity index (χ4v) is 4.05. The molecule has 8 nitrogen and oxygen atoms in total. The lowest BCUT2D eigenvalue weighted by Gasteiger charge is -2.42. The molecule has 1 fully saturated rings. The van der Waals surface area contributed by atoms with Gasteiger partial charge in [-0.15, -0.1) is 0 Å². The largest absolute Gasteiger partial charge is 0.508 e. The lowest BCUT2D eigenvalue weighted by Crippen LogP contribution is -2.52. The Hall–Kier alpha value is -3.36. The van der Waals surface area contributed by atoms with Gasteiger partial charge in [-0.3, -0.25) is 9.89 Å². The zero-order valence-corrected chi connectivity index (χ0v) is 18.9. The number of carbonyl (C=O) groups excluding carboxylic acids is 1. The molecule has 0 spiro atoms. The molecule has 0 bridgehead atoms. The number of ether oxygens (including phenoxy) is 1. The van der Waals surface area contributed by atoms with Gasteiger partial charge in [-0.05, 0) is 49.5 Å². The van der Waals surface area contributed by atoms with Gasteiger partial charge in [0.15, 0.2) is 0 Å². The lowest BCUT2D eigenvalue weighted by atomic mass is 9.87. The number of phenols is 1. The van der Waals surface area contributed by atoms with Gasteiger partial charge in [-0.25, -0.2) is 0 Å². The summed E-state index contributed by atoms with van der Waals surface area (Å²) in [6.07, 6.45) is 6.55. The molecule has 2 aromatic carbocycles. The molecule has 0 radical (unpaired) electrons. The molecular weight excluding hydrogens is 420 g/mol. The molecule has 1 aliphatic carbocycles. The molecule has 1 aromatic heterocycles. The van der Waals surface area contributed by atoms with Crippen LogP contribution < -0.4 is 4.74 Å². The van der Waals surface area contributed by atoms with E-state index in [-0.39, 0.29) is 30.4 Å². The minimum Gasteiger partial charge on any atom is -0.508 e. The van der Waals surface area contributed by atoms with Crippen molar-refractivity contribution in [1.29, 1.82) is 0 Å². The predicted octanol–water partition coefficient (Wildman–Crippen LogP) is 2.78. The maximum Gasteiger partial charge on any atom is 0.246 e. The summed E-state index contributed by atoms with van der Waals surface area (Å²) >= 11 is 0. The van der Waals surface area contributed by atoms with Crippen LogP contribution in [-0.4, -0.2) is 82.1 Å². The number of hydrogen-bond acceptors (Lipinski definition) is 6. The summed E-state index contributed by atoms with van der Waals surface area (Å²) in [6.45, 7) is 0.928. The van der Waals surface area contributed by atoms with E-state index in [2.05, 4.69) is 10.2 Å². The number of fused-ring (bicyclic) bond motifs is 1. The number of rotatable bonds is 9. The predicted molar refractivity (Wildman–Crippen MR) is 127 cm³/mol. The number of H-pyrrole nitrogens is 1. The summed E-state index contributed by atoms with van der Waals surface area (Å²) < 4.78 is 6.32. The number of nitrogens with zero attached hydrogens (tertiary/aromatic N) is 3.